The molecule has 0 aromatic heterocycles. The Bertz CT molecular complexity index is 319. The Hall–Kier alpha value is -1.33. The Morgan fingerprint density at radius 1 is 1.31 bits per heavy atom. The Labute approximate surface area is 77.8 Å². The van der Waals surface area contributed by atoms with Crippen LogP contribution in [0.4, 0.5) is 0 Å². The standard InChI is InChI=1S/C11H11NO/c12-6-5-9-1-3-10(4-2-9)11-7-13-8-11/h1-4,11H,5,7-8H2. The normalized spacial score (nSPS) is 16.2. The van der Waals surface area contributed by atoms with Crippen molar-refractivity contribution >= 4 is 0 Å². The molecule has 1 aliphatic rings. The van der Waals surface area contributed by atoms with Crippen LogP contribution < -0.4 is 0 Å². The van der Waals surface area contributed by atoms with Gasteiger partial charge in [-0.2, -0.15) is 5.26 Å². The third-order valence-electron chi connectivity index (χ3n) is 2.37. The Kier molecular flexibility index (Phi) is 2.29. The smallest absolute Gasteiger partial charge is 0.0669 e. The summed E-state index contributed by atoms with van der Waals surface area (Å²) in [6.45, 7) is 1.69. The number of nitrogens with zero attached hydrogens (tertiary/aromatic N) is 1. The lowest BCUT2D eigenvalue weighted by molar-refractivity contribution is 0.00842. The van der Waals surface area contributed by atoms with E-state index < -0.39 is 0 Å². The minimum Gasteiger partial charge on any atom is -0.380 e. The van der Waals surface area contributed by atoms with E-state index in [9.17, 15) is 0 Å². The molecule has 0 atom stereocenters. The van der Waals surface area contributed by atoms with Crippen LogP contribution >= 0.6 is 0 Å². The molecule has 2 rings (SSSR count). The molecule has 0 aliphatic carbocycles. The van der Waals surface area contributed by atoms with E-state index in [0.29, 0.717) is 12.3 Å². The summed E-state index contributed by atoms with van der Waals surface area (Å²) in [4.78, 5) is 0. The summed E-state index contributed by atoms with van der Waals surface area (Å²) in [6, 6.07) is 10.4. The third kappa shape index (κ3) is 1.71. The lowest BCUT2D eigenvalue weighted by Crippen LogP contribution is -2.24. The van der Waals surface area contributed by atoms with Crippen LogP contribution in [-0.2, 0) is 11.2 Å². The molecule has 0 amide bonds. The summed E-state index contributed by atoms with van der Waals surface area (Å²) in [5.41, 5.74) is 2.42. The summed E-state index contributed by atoms with van der Waals surface area (Å²) in [6.07, 6.45) is 0.501. The molecule has 1 fully saturated rings. The number of rotatable bonds is 2. The molecular formula is C11H11NO. The fourth-order valence-electron chi connectivity index (χ4n) is 1.43. The van der Waals surface area contributed by atoms with E-state index in [-0.39, 0.29) is 0 Å². The summed E-state index contributed by atoms with van der Waals surface area (Å²) in [5.74, 6) is 0.580. The molecule has 1 saturated heterocycles. The number of ether oxygens (including phenoxy) is 1. The fraction of sp³-hybridized carbons (Fsp3) is 0.364. The van der Waals surface area contributed by atoms with Gasteiger partial charge in [0.25, 0.3) is 0 Å². The maximum atomic E-state index is 8.49. The molecule has 0 spiro atoms. The van der Waals surface area contributed by atoms with E-state index in [2.05, 4.69) is 18.2 Å². The van der Waals surface area contributed by atoms with Crippen LogP contribution in [-0.4, -0.2) is 13.2 Å². The molecular weight excluding hydrogens is 162 g/mol. The van der Waals surface area contributed by atoms with E-state index in [1.807, 2.05) is 12.1 Å². The summed E-state index contributed by atoms with van der Waals surface area (Å²) >= 11 is 0. The molecule has 1 aromatic carbocycles. The highest BCUT2D eigenvalue weighted by Gasteiger charge is 2.19. The quantitative estimate of drug-likeness (QED) is 0.684. The van der Waals surface area contributed by atoms with Gasteiger partial charge in [-0.3, -0.25) is 0 Å². The van der Waals surface area contributed by atoms with Crippen LogP contribution in [0.5, 0.6) is 0 Å². The summed E-state index contributed by atoms with van der Waals surface area (Å²) in [5, 5.41) is 8.49. The van der Waals surface area contributed by atoms with E-state index in [1.54, 1.807) is 0 Å². The third-order valence-corrected chi connectivity index (χ3v) is 2.37. The Morgan fingerprint density at radius 2 is 2.00 bits per heavy atom. The van der Waals surface area contributed by atoms with E-state index in [0.717, 1.165) is 18.8 Å². The van der Waals surface area contributed by atoms with Crippen molar-refractivity contribution in [2.45, 2.75) is 12.3 Å². The second kappa shape index (κ2) is 3.59. The first kappa shape index (κ1) is 8.28. The average Bonchev–Trinajstić information content (AvgIpc) is 2.06. The van der Waals surface area contributed by atoms with E-state index >= 15 is 0 Å². The van der Waals surface area contributed by atoms with Gasteiger partial charge < -0.3 is 4.74 Å². The second-order valence-electron chi connectivity index (χ2n) is 3.31. The fourth-order valence-corrected chi connectivity index (χ4v) is 1.43. The van der Waals surface area contributed by atoms with Gasteiger partial charge in [0, 0.05) is 5.92 Å². The van der Waals surface area contributed by atoms with Crippen LogP contribution in [0.3, 0.4) is 0 Å². The first-order valence-electron chi connectivity index (χ1n) is 4.43. The molecule has 1 heterocycles. The molecule has 0 saturated carbocycles. The highest BCUT2D eigenvalue weighted by molar-refractivity contribution is 5.27. The maximum absolute atomic E-state index is 8.49. The van der Waals surface area contributed by atoms with Crippen molar-refractivity contribution in [3.05, 3.63) is 35.4 Å². The Balaban J connectivity index is 2.09. The van der Waals surface area contributed by atoms with E-state index in [1.165, 1.54) is 5.56 Å². The minimum absolute atomic E-state index is 0.501. The van der Waals surface area contributed by atoms with E-state index in [4.69, 9.17) is 10.00 Å². The van der Waals surface area contributed by atoms with Gasteiger partial charge in [-0.25, -0.2) is 0 Å². The highest BCUT2D eigenvalue weighted by atomic mass is 16.5. The summed E-state index contributed by atoms with van der Waals surface area (Å²) < 4.78 is 5.11. The van der Waals surface area contributed by atoms with Gasteiger partial charge >= 0.3 is 0 Å². The Morgan fingerprint density at radius 3 is 2.46 bits per heavy atom. The molecule has 66 valence electrons. The van der Waals surface area contributed by atoms with Crippen LogP contribution in [0.25, 0.3) is 0 Å². The molecule has 1 aromatic rings. The SMILES string of the molecule is N#CCc1ccc(C2COC2)cc1. The van der Waals surface area contributed by atoms with Crippen LogP contribution in [0.1, 0.15) is 17.0 Å². The molecule has 2 heteroatoms. The van der Waals surface area contributed by atoms with Crippen LogP contribution in [0.2, 0.25) is 0 Å². The zero-order chi connectivity index (χ0) is 9.10. The van der Waals surface area contributed by atoms with Gasteiger partial charge in [0.15, 0.2) is 0 Å². The van der Waals surface area contributed by atoms with Gasteiger partial charge in [-0.1, -0.05) is 24.3 Å². The zero-order valence-corrected chi connectivity index (χ0v) is 7.36. The molecule has 0 N–H and O–H groups in total. The molecule has 0 unspecified atom stereocenters. The molecule has 1 aliphatic heterocycles. The largest absolute Gasteiger partial charge is 0.380 e. The van der Waals surface area contributed by atoms with Crippen molar-refractivity contribution in [2.75, 3.05) is 13.2 Å². The van der Waals surface area contributed by atoms with Crippen LogP contribution in [0.15, 0.2) is 24.3 Å². The predicted molar refractivity (Wildman–Crippen MR) is 49.3 cm³/mol. The molecule has 13 heavy (non-hydrogen) atoms. The van der Waals surface area contributed by atoms with Gasteiger partial charge in [0.05, 0.1) is 25.7 Å². The average molecular weight is 173 g/mol. The predicted octanol–water partition coefficient (Wildman–Crippen LogP) is 1.87. The molecule has 2 nitrogen and oxygen atoms in total. The summed E-state index contributed by atoms with van der Waals surface area (Å²) in [7, 11) is 0. The molecule has 0 radical (unpaired) electrons. The lowest BCUT2D eigenvalue weighted by atomic mass is 9.96. The number of hydrogen-bond donors (Lipinski definition) is 0. The number of nitriles is 1. The van der Waals surface area contributed by atoms with Crippen LogP contribution in [0, 0.1) is 11.3 Å². The van der Waals surface area contributed by atoms with Gasteiger partial charge in [0.1, 0.15) is 0 Å². The van der Waals surface area contributed by atoms with Crippen molar-refractivity contribution in [3.63, 3.8) is 0 Å². The first-order valence-corrected chi connectivity index (χ1v) is 4.43. The molecule has 0 bridgehead atoms. The monoisotopic (exact) mass is 173 g/mol. The van der Waals surface area contributed by atoms with Crippen molar-refractivity contribution in [2.24, 2.45) is 0 Å². The lowest BCUT2D eigenvalue weighted by Gasteiger charge is -2.26. The van der Waals surface area contributed by atoms with Crippen molar-refractivity contribution in [1.29, 1.82) is 5.26 Å². The van der Waals surface area contributed by atoms with Gasteiger partial charge in [0.2, 0.25) is 0 Å². The van der Waals surface area contributed by atoms with Crippen molar-refractivity contribution < 1.29 is 4.74 Å². The number of hydrogen-bond acceptors (Lipinski definition) is 2. The topological polar surface area (TPSA) is 33.0 Å². The number of benzene rings is 1. The minimum atomic E-state index is 0.501. The highest BCUT2D eigenvalue weighted by Crippen LogP contribution is 2.23. The second-order valence-corrected chi connectivity index (χ2v) is 3.31. The van der Waals surface area contributed by atoms with Gasteiger partial charge in [-0.05, 0) is 11.1 Å². The van der Waals surface area contributed by atoms with Crippen molar-refractivity contribution in [1.82, 2.24) is 0 Å². The first-order chi connectivity index (χ1) is 6.40. The van der Waals surface area contributed by atoms with Gasteiger partial charge in [-0.15, -0.1) is 0 Å². The maximum Gasteiger partial charge on any atom is 0.0669 e. The zero-order valence-electron chi connectivity index (χ0n) is 7.36. The van der Waals surface area contributed by atoms with Crippen molar-refractivity contribution in [3.8, 4) is 6.07 Å².